The SMILES string of the molecule is N#Cc1ccccc1-c1cccc(-c2cc(-c3ccc4c(c3)oc3ccccc34)cc(-c3ccc4c(c3)oc3ccccc34)c2)c1. The lowest BCUT2D eigenvalue weighted by atomic mass is 9.91. The monoisotopic (exact) mass is 587 g/mol. The molecule has 3 nitrogen and oxygen atoms in total. The quantitative estimate of drug-likeness (QED) is 0.206. The zero-order valence-corrected chi connectivity index (χ0v) is 24.7. The summed E-state index contributed by atoms with van der Waals surface area (Å²) in [5, 5.41) is 14.2. The van der Waals surface area contributed by atoms with Crippen LogP contribution in [-0.4, -0.2) is 0 Å². The van der Waals surface area contributed by atoms with Crippen LogP contribution in [0.4, 0.5) is 0 Å². The Hall–Kier alpha value is -6.37. The molecule has 7 aromatic carbocycles. The number of nitriles is 1. The maximum absolute atomic E-state index is 9.77. The minimum absolute atomic E-state index is 0.660. The van der Waals surface area contributed by atoms with E-state index in [0.29, 0.717) is 5.56 Å². The van der Waals surface area contributed by atoms with Gasteiger partial charge in [-0.3, -0.25) is 0 Å². The van der Waals surface area contributed by atoms with Gasteiger partial charge in [-0.15, -0.1) is 0 Å². The summed E-state index contributed by atoms with van der Waals surface area (Å²) >= 11 is 0. The number of furan rings is 2. The van der Waals surface area contributed by atoms with E-state index in [1.54, 1.807) is 0 Å². The number of benzene rings is 7. The van der Waals surface area contributed by atoms with Crippen LogP contribution in [0.25, 0.3) is 88.4 Å². The second-order valence-corrected chi connectivity index (χ2v) is 11.7. The van der Waals surface area contributed by atoms with Gasteiger partial charge in [-0.25, -0.2) is 0 Å². The largest absolute Gasteiger partial charge is 0.456 e. The number of fused-ring (bicyclic) bond motifs is 6. The third kappa shape index (κ3) is 4.28. The molecule has 0 atom stereocenters. The van der Waals surface area contributed by atoms with Gasteiger partial charge in [0.05, 0.1) is 11.6 Å². The Kier molecular flexibility index (Phi) is 5.88. The van der Waals surface area contributed by atoms with Gasteiger partial charge in [-0.05, 0) is 111 Å². The van der Waals surface area contributed by atoms with Crippen LogP contribution in [0.3, 0.4) is 0 Å². The highest BCUT2D eigenvalue weighted by molar-refractivity contribution is 6.07. The molecule has 0 unspecified atom stereocenters. The van der Waals surface area contributed by atoms with E-state index in [9.17, 15) is 5.26 Å². The predicted octanol–water partition coefficient (Wildman–Crippen LogP) is 12.0. The van der Waals surface area contributed by atoms with E-state index < -0.39 is 0 Å². The van der Waals surface area contributed by atoms with Crippen LogP contribution >= 0.6 is 0 Å². The second-order valence-electron chi connectivity index (χ2n) is 11.7. The van der Waals surface area contributed by atoms with Gasteiger partial charge in [0.25, 0.3) is 0 Å². The van der Waals surface area contributed by atoms with E-state index in [1.165, 1.54) is 0 Å². The van der Waals surface area contributed by atoms with Crippen molar-refractivity contribution < 1.29 is 8.83 Å². The Morgan fingerprint density at radius 2 is 0.804 bits per heavy atom. The molecule has 0 aliphatic rings. The zero-order chi connectivity index (χ0) is 30.6. The summed E-state index contributed by atoms with van der Waals surface area (Å²) in [6.45, 7) is 0. The Balaban J connectivity index is 1.24. The Morgan fingerprint density at radius 1 is 0.348 bits per heavy atom. The summed E-state index contributed by atoms with van der Waals surface area (Å²) in [5.41, 5.74) is 12.6. The van der Waals surface area contributed by atoms with Gasteiger partial charge < -0.3 is 8.83 Å². The zero-order valence-electron chi connectivity index (χ0n) is 24.7. The molecule has 0 N–H and O–H groups in total. The first-order chi connectivity index (χ1) is 22.7. The Bertz CT molecular complexity index is 2530. The minimum Gasteiger partial charge on any atom is -0.456 e. The minimum atomic E-state index is 0.660. The summed E-state index contributed by atoms with van der Waals surface area (Å²) in [4.78, 5) is 0. The molecule has 0 saturated carbocycles. The molecule has 0 aliphatic carbocycles. The molecule has 2 heterocycles. The fourth-order valence-electron chi connectivity index (χ4n) is 6.64. The van der Waals surface area contributed by atoms with Crippen LogP contribution < -0.4 is 0 Å². The fourth-order valence-corrected chi connectivity index (χ4v) is 6.64. The molecule has 9 aromatic rings. The lowest BCUT2D eigenvalue weighted by molar-refractivity contribution is 0.668. The first kappa shape index (κ1) is 26.1. The molecule has 0 bridgehead atoms. The summed E-state index contributed by atoms with van der Waals surface area (Å²) in [7, 11) is 0. The first-order valence-electron chi connectivity index (χ1n) is 15.3. The third-order valence-corrected chi connectivity index (χ3v) is 8.91. The van der Waals surface area contributed by atoms with E-state index in [4.69, 9.17) is 8.83 Å². The first-order valence-corrected chi connectivity index (χ1v) is 15.3. The number of hydrogen-bond acceptors (Lipinski definition) is 3. The molecule has 0 fully saturated rings. The summed E-state index contributed by atoms with van der Waals surface area (Å²) in [6.07, 6.45) is 0. The normalized spacial score (nSPS) is 11.5. The number of rotatable bonds is 4. The highest BCUT2D eigenvalue weighted by atomic mass is 16.3. The molecule has 0 amide bonds. The van der Waals surface area contributed by atoms with Crippen molar-refractivity contribution in [1.29, 1.82) is 5.26 Å². The third-order valence-electron chi connectivity index (χ3n) is 8.91. The molecule has 0 aliphatic heterocycles. The molecular formula is C43H25NO2. The van der Waals surface area contributed by atoms with Crippen LogP contribution in [-0.2, 0) is 0 Å². The number of para-hydroxylation sites is 2. The van der Waals surface area contributed by atoms with Crippen molar-refractivity contribution in [3.05, 3.63) is 157 Å². The molecule has 0 saturated heterocycles. The number of nitrogens with zero attached hydrogens (tertiary/aromatic N) is 1. The van der Waals surface area contributed by atoms with Gasteiger partial charge in [-0.2, -0.15) is 5.26 Å². The molecule has 46 heavy (non-hydrogen) atoms. The summed E-state index contributed by atoms with van der Waals surface area (Å²) in [6, 6.07) is 54.5. The number of hydrogen-bond donors (Lipinski definition) is 0. The lowest BCUT2D eigenvalue weighted by Gasteiger charge is -2.13. The van der Waals surface area contributed by atoms with Crippen LogP contribution in [0.2, 0.25) is 0 Å². The van der Waals surface area contributed by atoms with Crippen LogP contribution in [0, 0.1) is 11.3 Å². The molecular weight excluding hydrogens is 562 g/mol. The topological polar surface area (TPSA) is 50.1 Å². The molecule has 2 aromatic heterocycles. The van der Waals surface area contributed by atoms with E-state index in [1.807, 2.05) is 60.7 Å². The maximum Gasteiger partial charge on any atom is 0.136 e. The second kappa shape index (κ2) is 10.4. The van der Waals surface area contributed by atoms with Gasteiger partial charge in [0.2, 0.25) is 0 Å². The van der Waals surface area contributed by atoms with Gasteiger partial charge >= 0.3 is 0 Å². The van der Waals surface area contributed by atoms with Crippen molar-refractivity contribution in [2.24, 2.45) is 0 Å². The van der Waals surface area contributed by atoms with E-state index in [2.05, 4.69) is 97.1 Å². The molecule has 0 radical (unpaired) electrons. The maximum atomic E-state index is 9.77. The van der Waals surface area contributed by atoms with E-state index in [0.717, 1.165) is 88.4 Å². The average molecular weight is 588 g/mol. The van der Waals surface area contributed by atoms with Crippen molar-refractivity contribution in [2.75, 3.05) is 0 Å². The van der Waals surface area contributed by atoms with Gasteiger partial charge in [-0.1, -0.05) is 84.9 Å². The van der Waals surface area contributed by atoms with Crippen LogP contribution in [0.15, 0.2) is 160 Å². The van der Waals surface area contributed by atoms with Gasteiger partial charge in [0.15, 0.2) is 0 Å². The molecule has 214 valence electrons. The Labute approximate surface area is 265 Å². The highest BCUT2D eigenvalue weighted by Crippen LogP contribution is 2.39. The average Bonchev–Trinajstić information content (AvgIpc) is 3.69. The molecule has 3 heteroatoms. The standard InChI is InChI=1S/C43H25NO2/c44-26-31-8-1-2-11-35(31)30-10-7-9-27(20-30)32-21-33(28-16-18-38-36-12-3-5-14-40(36)45-42(38)24-28)23-34(22-32)29-17-19-39-37-13-4-6-15-41(37)46-43(39)25-29/h1-25H. The predicted molar refractivity (Wildman–Crippen MR) is 187 cm³/mol. The van der Waals surface area contributed by atoms with Crippen molar-refractivity contribution >= 4 is 43.9 Å². The lowest BCUT2D eigenvalue weighted by Crippen LogP contribution is -1.88. The van der Waals surface area contributed by atoms with Crippen molar-refractivity contribution in [1.82, 2.24) is 0 Å². The van der Waals surface area contributed by atoms with Crippen LogP contribution in [0.1, 0.15) is 5.56 Å². The van der Waals surface area contributed by atoms with Crippen LogP contribution in [0.5, 0.6) is 0 Å². The van der Waals surface area contributed by atoms with Gasteiger partial charge in [0.1, 0.15) is 22.3 Å². The molecule has 0 spiro atoms. The summed E-state index contributed by atoms with van der Waals surface area (Å²) < 4.78 is 12.5. The van der Waals surface area contributed by atoms with E-state index in [-0.39, 0.29) is 0 Å². The molecule has 9 rings (SSSR count). The van der Waals surface area contributed by atoms with Crippen molar-refractivity contribution in [2.45, 2.75) is 0 Å². The summed E-state index contributed by atoms with van der Waals surface area (Å²) in [5.74, 6) is 0. The highest BCUT2D eigenvalue weighted by Gasteiger charge is 2.14. The van der Waals surface area contributed by atoms with Gasteiger partial charge in [0, 0.05) is 21.5 Å². The Morgan fingerprint density at radius 3 is 1.39 bits per heavy atom. The smallest absolute Gasteiger partial charge is 0.136 e. The van der Waals surface area contributed by atoms with Crippen molar-refractivity contribution in [3.8, 4) is 50.6 Å². The van der Waals surface area contributed by atoms with Crippen molar-refractivity contribution in [3.63, 3.8) is 0 Å². The fraction of sp³-hybridized carbons (Fsp3) is 0. The van der Waals surface area contributed by atoms with E-state index >= 15 is 0 Å².